The number of sulfone groups is 1. The third-order valence-corrected chi connectivity index (χ3v) is 4.40. The van der Waals surface area contributed by atoms with Gasteiger partial charge in [-0.2, -0.15) is 0 Å². The van der Waals surface area contributed by atoms with Gasteiger partial charge >= 0.3 is 0 Å². The summed E-state index contributed by atoms with van der Waals surface area (Å²) in [7, 11) is -4.05. The molecule has 0 amide bonds. The minimum Gasteiger partial charge on any atom is -0.453 e. The van der Waals surface area contributed by atoms with Crippen LogP contribution in [0.25, 0.3) is 0 Å². The molecule has 96 valence electrons. The number of nitro groups is 1. The zero-order chi connectivity index (χ0) is 13.6. The molecule has 0 spiro atoms. The summed E-state index contributed by atoms with van der Waals surface area (Å²) in [6.45, 7) is 0. The van der Waals surface area contributed by atoms with Crippen LogP contribution in [-0.2, 0) is 9.84 Å². The lowest BCUT2D eigenvalue weighted by molar-refractivity contribution is -0.388. The number of fused-ring (bicyclic) bond motifs is 2. The molecule has 0 fully saturated rings. The molecule has 1 aliphatic heterocycles. The minimum atomic E-state index is -4.05. The Morgan fingerprint density at radius 2 is 1.89 bits per heavy atom. The summed E-state index contributed by atoms with van der Waals surface area (Å²) < 4.78 is 30.1. The van der Waals surface area contributed by atoms with Crippen molar-refractivity contribution < 1.29 is 18.1 Å². The predicted octanol–water partition coefficient (Wildman–Crippen LogP) is 1.93. The fourth-order valence-electron chi connectivity index (χ4n) is 1.87. The van der Waals surface area contributed by atoms with E-state index in [1.807, 2.05) is 0 Å². The van der Waals surface area contributed by atoms with E-state index in [0.717, 1.165) is 6.07 Å². The topological polar surface area (TPSA) is 99.4 Å². The van der Waals surface area contributed by atoms with Crippen LogP contribution in [0.5, 0.6) is 11.5 Å². The largest absolute Gasteiger partial charge is 0.453 e. The van der Waals surface area contributed by atoms with Crippen molar-refractivity contribution in [2.45, 2.75) is 9.92 Å². The molecule has 2 aromatic rings. The first-order valence-corrected chi connectivity index (χ1v) is 6.65. The lowest BCUT2D eigenvalue weighted by Crippen LogP contribution is -2.14. The number of hydrogen-bond donors (Lipinski definition) is 0. The van der Waals surface area contributed by atoms with Gasteiger partial charge in [-0.3, -0.25) is 10.1 Å². The van der Waals surface area contributed by atoms with Gasteiger partial charge in [0, 0.05) is 12.3 Å². The smallest absolute Gasteiger partial charge is 0.292 e. The lowest BCUT2D eigenvalue weighted by Gasteiger charge is -2.18. The van der Waals surface area contributed by atoms with Crippen LogP contribution in [0.1, 0.15) is 0 Å². The molecule has 0 aliphatic carbocycles. The number of hydrogen-bond acceptors (Lipinski definition) is 6. The van der Waals surface area contributed by atoms with Gasteiger partial charge in [-0.25, -0.2) is 13.4 Å². The van der Waals surface area contributed by atoms with E-state index in [9.17, 15) is 18.5 Å². The number of benzene rings is 1. The second-order valence-corrected chi connectivity index (χ2v) is 5.58. The van der Waals surface area contributed by atoms with Crippen LogP contribution < -0.4 is 4.74 Å². The maximum absolute atomic E-state index is 12.4. The molecule has 0 atom stereocenters. The summed E-state index contributed by atoms with van der Waals surface area (Å²) in [4.78, 5) is 13.5. The summed E-state index contributed by atoms with van der Waals surface area (Å²) in [6.07, 6.45) is 1.29. The average Bonchev–Trinajstić information content (AvgIpc) is 2.38. The molecule has 0 saturated carbocycles. The Labute approximate surface area is 107 Å². The molecule has 2 heterocycles. The van der Waals surface area contributed by atoms with Crippen LogP contribution in [0.4, 0.5) is 5.69 Å². The van der Waals surface area contributed by atoms with Gasteiger partial charge in [0.25, 0.3) is 5.69 Å². The van der Waals surface area contributed by atoms with Crippen molar-refractivity contribution in [3.05, 3.63) is 46.6 Å². The van der Waals surface area contributed by atoms with E-state index in [1.54, 1.807) is 0 Å². The highest BCUT2D eigenvalue weighted by molar-refractivity contribution is 7.91. The quantitative estimate of drug-likeness (QED) is 0.498. The molecular formula is C11H6N2O5S. The highest BCUT2D eigenvalue weighted by Crippen LogP contribution is 2.45. The van der Waals surface area contributed by atoms with E-state index in [4.69, 9.17) is 4.74 Å². The Bertz CT molecular complexity index is 800. The minimum absolute atomic E-state index is 0.0605. The van der Waals surface area contributed by atoms with E-state index in [1.165, 1.54) is 30.5 Å². The first-order chi connectivity index (χ1) is 9.01. The van der Waals surface area contributed by atoms with E-state index >= 15 is 0 Å². The highest BCUT2D eigenvalue weighted by atomic mass is 32.2. The van der Waals surface area contributed by atoms with Crippen LogP contribution in [0, 0.1) is 10.1 Å². The van der Waals surface area contributed by atoms with Crippen molar-refractivity contribution in [1.82, 2.24) is 4.98 Å². The molecule has 3 rings (SSSR count). The second-order valence-electron chi connectivity index (χ2n) is 3.77. The second kappa shape index (κ2) is 3.75. The molecule has 0 N–H and O–H groups in total. The van der Waals surface area contributed by atoms with Crippen molar-refractivity contribution in [3.63, 3.8) is 0 Å². The Balaban J connectivity index is 2.39. The third-order valence-electron chi connectivity index (χ3n) is 2.63. The Hall–Kier alpha value is -2.48. The molecule has 0 bridgehead atoms. The fourth-order valence-corrected chi connectivity index (χ4v) is 3.43. The molecule has 1 aromatic heterocycles. The monoisotopic (exact) mass is 278 g/mol. The normalized spacial score (nSPS) is 14.9. The first kappa shape index (κ1) is 11.6. The number of nitro benzene ring substituents is 1. The van der Waals surface area contributed by atoms with Gasteiger partial charge in [0.2, 0.25) is 14.9 Å². The Morgan fingerprint density at radius 1 is 1.16 bits per heavy atom. The lowest BCUT2D eigenvalue weighted by atomic mass is 10.3. The van der Waals surface area contributed by atoms with Crippen LogP contribution in [0.2, 0.25) is 0 Å². The third kappa shape index (κ3) is 1.57. The average molecular weight is 278 g/mol. The summed E-state index contributed by atoms with van der Waals surface area (Å²) in [5, 5.41) is 10.6. The molecule has 1 aliphatic rings. The van der Waals surface area contributed by atoms with Crippen molar-refractivity contribution in [2.75, 3.05) is 0 Å². The summed E-state index contributed by atoms with van der Waals surface area (Å²) in [6, 6.07) is 6.83. The zero-order valence-corrected chi connectivity index (χ0v) is 10.1. The van der Waals surface area contributed by atoms with Crippen LogP contribution in [0.3, 0.4) is 0 Å². The van der Waals surface area contributed by atoms with Gasteiger partial charge < -0.3 is 4.74 Å². The number of nitrogens with zero attached hydrogens (tertiary/aromatic N) is 2. The fraction of sp³-hybridized carbons (Fsp3) is 0. The van der Waals surface area contributed by atoms with Gasteiger partial charge in [0.05, 0.1) is 4.92 Å². The highest BCUT2D eigenvalue weighted by Gasteiger charge is 2.38. The van der Waals surface area contributed by atoms with E-state index in [2.05, 4.69) is 4.98 Å². The molecular weight excluding hydrogens is 272 g/mol. The van der Waals surface area contributed by atoms with E-state index in [-0.39, 0.29) is 16.5 Å². The first-order valence-electron chi connectivity index (χ1n) is 5.17. The van der Waals surface area contributed by atoms with Gasteiger partial charge in [0.1, 0.15) is 0 Å². The van der Waals surface area contributed by atoms with Crippen molar-refractivity contribution in [2.24, 2.45) is 0 Å². The van der Waals surface area contributed by atoms with Crippen molar-refractivity contribution in [1.29, 1.82) is 0 Å². The van der Waals surface area contributed by atoms with E-state index in [0.29, 0.717) is 0 Å². The van der Waals surface area contributed by atoms with E-state index < -0.39 is 25.3 Å². The van der Waals surface area contributed by atoms with Gasteiger partial charge in [-0.15, -0.1) is 0 Å². The number of rotatable bonds is 1. The summed E-state index contributed by atoms with van der Waals surface area (Å²) in [5.74, 6) is 0.00481. The number of ether oxygens (including phenoxy) is 1. The number of pyridine rings is 1. The van der Waals surface area contributed by atoms with Gasteiger partial charge in [-0.05, 0) is 18.2 Å². The Morgan fingerprint density at radius 3 is 2.63 bits per heavy atom. The standard InChI is InChI=1S/C11H6N2O5S/c14-13(15)7-3-1-4-8-10(7)19(16,17)11-9(18-8)5-2-6-12-11/h1-6H. The van der Waals surface area contributed by atoms with Crippen molar-refractivity contribution >= 4 is 15.5 Å². The number of aromatic nitrogens is 1. The van der Waals surface area contributed by atoms with Gasteiger partial charge in [-0.1, -0.05) is 6.07 Å². The van der Waals surface area contributed by atoms with Crippen LogP contribution in [0.15, 0.2) is 46.5 Å². The molecule has 19 heavy (non-hydrogen) atoms. The predicted molar refractivity (Wildman–Crippen MR) is 62.9 cm³/mol. The van der Waals surface area contributed by atoms with Gasteiger partial charge in [0.15, 0.2) is 16.4 Å². The van der Waals surface area contributed by atoms with Crippen LogP contribution in [-0.4, -0.2) is 18.3 Å². The molecule has 0 saturated heterocycles. The zero-order valence-electron chi connectivity index (χ0n) is 9.31. The Kier molecular flexibility index (Phi) is 2.29. The molecule has 0 radical (unpaired) electrons. The van der Waals surface area contributed by atoms with Crippen LogP contribution >= 0.6 is 0 Å². The maximum atomic E-state index is 12.4. The molecule has 8 heteroatoms. The summed E-state index contributed by atoms with van der Waals surface area (Å²) >= 11 is 0. The molecule has 7 nitrogen and oxygen atoms in total. The SMILES string of the molecule is O=[N+]([O-])c1cccc2c1S(=O)(=O)c1ncccc1O2. The van der Waals surface area contributed by atoms with Crippen molar-refractivity contribution in [3.8, 4) is 11.5 Å². The maximum Gasteiger partial charge on any atom is 0.292 e. The molecule has 0 unspecified atom stereocenters. The summed E-state index contributed by atoms with van der Waals surface area (Å²) in [5.41, 5.74) is -0.520. The molecule has 1 aromatic carbocycles.